The first-order chi connectivity index (χ1) is 10.4. The Morgan fingerprint density at radius 2 is 1.86 bits per heavy atom. The molecule has 0 aliphatic carbocycles. The Morgan fingerprint density at radius 1 is 1.09 bits per heavy atom. The lowest BCUT2D eigenvalue weighted by Crippen LogP contribution is -2.31. The molecule has 0 spiro atoms. The Kier molecular flexibility index (Phi) is 3.68. The van der Waals surface area contributed by atoms with Crippen molar-refractivity contribution in [2.24, 2.45) is 5.14 Å². The van der Waals surface area contributed by atoms with Crippen molar-refractivity contribution < 1.29 is 13.2 Å². The number of fused-ring (bicyclic) bond motifs is 1. The minimum Gasteiger partial charge on any atom is -0.281 e. The van der Waals surface area contributed by atoms with E-state index in [0.717, 1.165) is 5.56 Å². The van der Waals surface area contributed by atoms with Crippen LogP contribution in [0.2, 0.25) is 5.02 Å². The number of aryl methyl sites for hydroxylation is 1. The third-order valence-corrected chi connectivity index (χ3v) is 4.69. The van der Waals surface area contributed by atoms with E-state index in [1.165, 1.54) is 12.1 Å². The maximum absolute atomic E-state index is 12.3. The molecule has 7 heteroatoms. The van der Waals surface area contributed by atoms with Crippen molar-refractivity contribution >= 4 is 38.9 Å². The minimum absolute atomic E-state index is 0.0478. The van der Waals surface area contributed by atoms with E-state index in [2.05, 4.69) is 0 Å². The van der Waals surface area contributed by atoms with Gasteiger partial charge in [0.15, 0.2) is 0 Å². The summed E-state index contributed by atoms with van der Waals surface area (Å²) in [7, 11) is -3.76. The average molecular weight is 337 g/mol. The van der Waals surface area contributed by atoms with Crippen molar-refractivity contribution in [1.82, 2.24) is 0 Å². The molecule has 1 amide bonds. The van der Waals surface area contributed by atoms with Gasteiger partial charge in [0, 0.05) is 11.4 Å². The van der Waals surface area contributed by atoms with Gasteiger partial charge in [-0.05, 0) is 48.4 Å². The second kappa shape index (κ2) is 5.39. The lowest BCUT2D eigenvalue weighted by molar-refractivity contribution is -0.118. The van der Waals surface area contributed by atoms with Crippen LogP contribution in [0.3, 0.4) is 0 Å². The molecule has 1 heterocycles. The molecule has 0 atom stereocenters. The van der Waals surface area contributed by atoms with E-state index in [0.29, 0.717) is 29.2 Å². The molecule has 2 N–H and O–H groups in total. The normalized spacial score (nSPS) is 14.8. The second-order valence-electron chi connectivity index (χ2n) is 5.04. The Labute approximate surface area is 133 Å². The lowest BCUT2D eigenvalue weighted by atomic mass is 10.0. The van der Waals surface area contributed by atoms with Crippen LogP contribution in [0.25, 0.3) is 0 Å². The molecule has 0 bridgehead atoms. The molecule has 0 fully saturated rings. The molecule has 0 aromatic heterocycles. The van der Waals surface area contributed by atoms with Gasteiger partial charge < -0.3 is 0 Å². The van der Waals surface area contributed by atoms with Crippen LogP contribution in [0.4, 0.5) is 11.4 Å². The molecule has 0 saturated heterocycles. The summed E-state index contributed by atoms with van der Waals surface area (Å²) in [6, 6.07) is 11.5. The third-order valence-electron chi connectivity index (χ3n) is 3.54. The number of carbonyl (C=O) groups excluding carboxylic acids is 1. The van der Waals surface area contributed by atoms with Gasteiger partial charge in [-0.25, -0.2) is 13.6 Å². The molecule has 22 heavy (non-hydrogen) atoms. The number of hydrogen-bond acceptors (Lipinski definition) is 3. The maximum atomic E-state index is 12.3. The molecule has 2 aromatic carbocycles. The number of sulfonamides is 1. The summed E-state index contributed by atoms with van der Waals surface area (Å²) < 4.78 is 22.9. The summed E-state index contributed by atoms with van der Waals surface area (Å²) in [5.74, 6) is -0.0573. The highest BCUT2D eigenvalue weighted by Gasteiger charge is 2.26. The number of benzene rings is 2. The van der Waals surface area contributed by atoms with E-state index in [1.54, 1.807) is 35.2 Å². The standard InChI is InChI=1S/C15H13ClN2O3S/c16-11-2-1-3-12(9-11)18-14-6-5-13(22(17,20)21)8-10(14)4-7-15(18)19/h1-3,5-6,8-9H,4,7H2,(H2,17,20,21). The van der Waals surface area contributed by atoms with E-state index >= 15 is 0 Å². The van der Waals surface area contributed by atoms with E-state index in [-0.39, 0.29) is 10.8 Å². The highest BCUT2D eigenvalue weighted by molar-refractivity contribution is 7.89. The molecule has 2 aromatic rings. The van der Waals surface area contributed by atoms with Gasteiger partial charge in [-0.3, -0.25) is 9.69 Å². The number of anilines is 2. The number of nitrogens with two attached hydrogens (primary N) is 1. The number of nitrogens with zero attached hydrogens (tertiary/aromatic N) is 1. The monoisotopic (exact) mass is 336 g/mol. The number of amides is 1. The molecule has 114 valence electrons. The van der Waals surface area contributed by atoms with Crippen molar-refractivity contribution in [2.45, 2.75) is 17.7 Å². The van der Waals surface area contributed by atoms with Gasteiger partial charge in [-0.15, -0.1) is 0 Å². The van der Waals surface area contributed by atoms with E-state index in [4.69, 9.17) is 16.7 Å². The van der Waals surface area contributed by atoms with Crippen LogP contribution >= 0.6 is 11.6 Å². The number of hydrogen-bond donors (Lipinski definition) is 1. The van der Waals surface area contributed by atoms with Crippen LogP contribution in [0, 0.1) is 0 Å². The lowest BCUT2D eigenvalue weighted by Gasteiger charge is -2.29. The largest absolute Gasteiger partial charge is 0.281 e. The van der Waals surface area contributed by atoms with Crippen LogP contribution in [0.5, 0.6) is 0 Å². The molecule has 1 aliphatic heterocycles. The Morgan fingerprint density at radius 3 is 2.55 bits per heavy atom. The fourth-order valence-electron chi connectivity index (χ4n) is 2.54. The number of primary sulfonamides is 1. The van der Waals surface area contributed by atoms with Gasteiger partial charge in [0.25, 0.3) is 0 Å². The van der Waals surface area contributed by atoms with Crippen molar-refractivity contribution in [3.05, 3.63) is 53.1 Å². The van der Waals surface area contributed by atoms with Gasteiger partial charge in [0.05, 0.1) is 16.3 Å². The summed E-state index contributed by atoms with van der Waals surface area (Å²) >= 11 is 5.99. The predicted molar refractivity (Wildman–Crippen MR) is 84.7 cm³/mol. The first kappa shape index (κ1) is 15.0. The highest BCUT2D eigenvalue weighted by Crippen LogP contribution is 2.36. The average Bonchev–Trinajstić information content (AvgIpc) is 2.45. The van der Waals surface area contributed by atoms with E-state index in [9.17, 15) is 13.2 Å². The first-order valence-corrected chi connectivity index (χ1v) is 8.53. The summed E-state index contributed by atoms with van der Waals surface area (Å²) in [6.45, 7) is 0. The molecule has 1 aliphatic rings. The zero-order chi connectivity index (χ0) is 15.9. The highest BCUT2D eigenvalue weighted by atomic mass is 35.5. The molecular weight excluding hydrogens is 324 g/mol. The summed E-state index contributed by atoms with van der Waals surface area (Å²) in [5.41, 5.74) is 2.08. The molecule has 0 radical (unpaired) electrons. The Balaban J connectivity index is 2.14. The van der Waals surface area contributed by atoms with Gasteiger partial charge in [-0.2, -0.15) is 0 Å². The smallest absolute Gasteiger partial charge is 0.238 e. The van der Waals surface area contributed by atoms with Crippen molar-refractivity contribution in [2.75, 3.05) is 4.90 Å². The number of carbonyl (C=O) groups is 1. The molecule has 5 nitrogen and oxygen atoms in total. The summed E-state index contributed by atoms with van der Waals surface area (Å²) in [6.07, 6.45) is 0.780. The number of rotatable bonds is 2. The molecule has 0 saturated carbocycles. The maximum Gasteiger partial charge on any atom is 0.238 e. The Hall–Kier alpha value is -1.89. The van der Waals surface area contributed by atoms with E-state index in [1.807, 2.05) is 0 Å². The fraction of sp³-hybridized carbons (Fsp3) is 0.133. The minimum atomic E-state index is -3.76. The van der Waals surface area contributed by atoms with Crippen LogP contribution in [-0.2, 0) is 21.2 Å². The SMILES string of the molecule is NS(=O)(=O)c1ccc2c(c1)CCC(=O)N2c1cccc(Cl)c1. The van der Waals surface area contributed by atoms with Crippen LogP contribution in [-0.4, -0.2) is 14.3 Å². The molecular formula is C15H13ClN2O3S. The zero-order valence-corrected chi connectivity index (χ0v) is 13.1. The third kappa shape index (κ3) is 2.72. The van der Waals surface area contributed by atoms with Crippen LogP contribution in [0.15, 0.2) is 47.4 Å². The predicted octanol–water partition coefficient (Wildman–Crippen LogP) is 2.60. The zero-order valence-electron chi connectivity index (χ0n) is 11.5. The van der Waals surface area contributed by atoms with Gasteiger partial charge in [-0.1, -0.05) is 17.7 Å². The van der Waals surface area contributed by atoms with Crippen LogP contribution in [0.1, 0.15) is 12.0 Å². The van der Waals surface area contributed by atoms with Gasteiger partial charge in [0.2, 0.25) is 15.9 Å². The van der Waals surface area contributed by atoms with Gasteiger partial charge >= 0.3 is 0 Å². The van der Waals surface area contributed by atoms with Crippen molar-refractivity contribution in [3.8, 4) is 0 Å². The van der Waals surface area contributed by atoms with E-state index < -0.39 is 10.0 Å². The molecule has 3 rings (SSSR count). The fourth-order valence-corrected chi connectivity index (χ4v) is 3.29. The summed E-state index contributed by atoms with van der Waals surface area (Å²) in [4.78, 5) is 13.9. The molecule has 0 unspecified atom stereocenters. The number of halogens is 1. The topological polar surface area (TPSA) is 80.5 Å². The van der Waals surface area contributed by atoms with Crippen LogP contribution < -0.4 is 10.0 Å². The first-order valence-electron chi connectivity index (χ1n) is 6.60. The quantitative estimate of drug-likeness (QED) is 0.915. The Bertz CT molecular complexity index is 865. The van der Waals surface area contributed by atoms with Gasteiger partial charge in [0.1, 0.15) is 0 Å². The van der Waals surface area contributed by atoms with Crippen molar-refractivity contribution in [1.29, 1.82) is 0 Å². The van der Waals surface area contributed by atoms with Crippen molar-refractivity contribution in [3.63, 3.8) is 0 Å². The summed E-state index contributed by atoms with van der Waals surface area (Å²) in [5, 5.41) is 5.68. The second-order valence-corrected chi connectivity index (χ2v) is 7.04.